The maximum atomic E-state index is 10.5. The summed E-state index contributed by atoms with van der Waals surface area (Å²) in [5.74, 6) is 0.634. The molecule has 2 aromatic carbocycles. The average molecular weight is 318 g/mol. The van der Waals surface area contributed by atoms with Crippen LogP contribution in [0.1, 0.15) is 44.7 Å². The number of aromatic hydroxyl groups is 1. The maximum Gasteiger partial charge on any atom is 0.125 e. The topological polar surface area (TPSA) is 23.5 Å². The van der Waals surface area contributed by atoms with Gasteiger partial charge < -0.3 is 10.0 Å². The minimum Gasteiger partial charge on any atom is -0.507 e. The first kappa shape index (κ1) is 15.5. The number of hydrogen-bond acceptors (Lipinski definition) is 2. The third-order valence-electron chi connectivity index (χ3n) is 4.77. The van der Waals surface area contributed by atoms with Gasteiger partial charge in [0.25, 0.3) is 0 Å². The monoisotopic (exact) mass is 317 g/mol. The van der Waals surface area contributed by atoms with Gasteiger partial charge in [-0.1, -0.05) is 18.2 Å². The van der Waals surface area contributed by atoms with Gasteiger partial charge in [0.1, 0.15) is 5.75 Å². The molecule has 2 aromatic rings. The van der Waals surface area contributed by atoms with E-state index in [1.165, 1.54) is 16.5 Å². The van der Waals surface area contributed by atoms with E-state index >= 15 is 0 Å². The minimum absolute atomic E-state index is 0.00190. The van der Waals surface area contributed by atoms with Crippen molar-refractivity contribution in [2.75, 3.05) is 11.4 Å². The van der Waals surface area contributed by atoms with Crippen LogP contribution in [0, 0.1) is 6.92 Å². The van der Waals surface area contributed by atoms with E-state index in [0.717, 1.165) is 17.6 Å². The summed E-state index contributed by atoms with van der Waals surface area (Å²) in [5.41, 5.74) is 3.62. The number of halogens is 1. The Kier molecular flexibility index (Phi) is 3.56. The number of nitrogens with zero attached hydrogens (tertiary/aromatic N) is 1. The molecule has 0 aliphatic carbocycles. The Labute approximate surface area is 137 Å². The molecule has 0 amide bonds. The highest BCUT2D eigenvalue weighted by atomic mass is 35.5. The van der Waals surface area contributed by atoms with E-state index in [4.69, 9.17) is 11.6 Å². The second-order valence-corrected chi connectivity index (χ2v) is 8.08. The Balaban J connectivity index is 2.38. The Morgan fingerprint density at radius 3 is 2.59 bits per heavy atom. The standard InChI is InChI=1S/C19H24ClNO/c1-11-7-6-8-13-16(22)9-15-18(17(11)13)14(12(2)20)10-21(15)19(3,4)5/h6-9,12,14,22H,10H2,1-5H3. The predicted octanol–water partition coefficient (Wildman–Crippen LogP) is 5.18. The van der Waals surface area contributed by atoms with Crippen LogP contribution in [0.4, 0.5) is 5.69 Å². The van der Waals surface area contributed by atoms with Crippen molar-refractivity contribution in [3.63, 3.8) is 0 Å². The summed E-state index contributed by atoms with van der Waals surface area (Å²) in [7, 11) is 0. The Morgan fingerprint density at radius 2 is 2.00 bits per heavy atom. The molecule has 0 radical (unpaired) electrons. The van der Waals surface area contributed by atoms with E-state index in [1.807, 2.05) is 18.2 Å². The zero-order valence-electron chi connectivity index (χ0n) is 13.9. The summed E-state index contributed by atoms with van der Waals surface area (Å²) in [6, 6.07) is 8.02. The van der Waals surface area contributed by atoms with Crippen LogP contribution in [0.3, 0.4) is 0 Å². The molecule has 1 aliphatic heterocycles. The molecule has 2 atom stereocenters. The second kappa shape index (κ2) is 5.06. The number of aryl methyl sites for hydroxylation is 1. The number of phenols is 1. The van der Waals surface area contributed by atoms with Crippen LogP contribution in [0.25, 0.3) is 10.8 Å². The molecule has 0 spiro atoms. The number of fused-ring (bicyclic) bond motifs is 3. The highest BCUT2D eigenvalue weighted by Crippen LogP contribution is 2.49. The van der Waals surface area contributed by atoms with Crippen molar-refractivity contribution in [2.24, 2.45) is 0 Å². The summed E-state index contributed by atoms with van der Waals surface area (Å²) in [5, 5.41) is 12.7. The van der Waals surface area contributed by atoms with Crippen LogP contribution >= 0.6 is 11.6 Å². The molecule has 0 aromatic heterocycles. The molecule has 0 saturated heterocycles. The number of anilines is 1. The zero-order valence-corrected chi connectivity index (χ0v) is 14.7. The van der Waals surface area contributed by atoms with E-state index in [2.05, 4.69) is 45.6 Å². The molecule has 118 valence electrons. The molecule has 0 saturated carbocycles. The highest BCUT2D eigenvalue weighted by Gasteiger charge is 2.38. The van der Waals surface area contributed by atoms with Gasteiger partial charge >= 0.3 is 0 Å². The van der Waals surface area contributed by atoms with Crippen LogP contribution in [0.15, 0.2) is 24.3 Å². The fraction of sp³-hybridized carbons (Fsp3) is 0.474. The number of rotatable bonds is 1. The van der Waals surface area contributed by atoms with Crippen molar-refractivity contribution in [1.29, 1.82) is 0 Å². The largest absolute Gasteiger partial charge is 0.507 e. The fourth-order valence-electron chi connectivity index (χ4n) is 3.65. The van der Waals surface area contributed by atoms with Crippen LogP contribution in [-0.2, 0) is 0 Å². The lowest BCUT2D eigenvalue weighted by molar-refractivity contribution is 0.479. The van der Waals surface area contributed by atoms with Crippen molar-refractivity contribution < 1.29 is 5.11 Å². The van der Waals surface area contributed by atoms with Crippen LogP contribution in [0.2, 0.25) is 0 Å². The van der Waals surface area contributed by atoms with Gasteiger partial charge in [-0.05, 0) is 51.1 Å². The van der Waals surface area contributed by atoms with Gasteiger partial charge in [-0.2, -0.15) is 0 Å². The zero-order chi connectivity index (χ0) is 16.2. The molecule has 1 heterocycles. The fourth-order valence-corrected chi connectivity index (χ4v) is 3.85. The van der Waals surface area contributed by atoms with Gasteiger partial charge in [0.15, 0.2) is 0 Å². The van der Waals surface area contributed by atoms with E-state index in [0.29, 0.717) is 5.75 Å². The molecule has 3 rings (SSSR count). The van der Waals surface area contributed by atoms with E-state index < -0.39 is 0 Å². The molecule has 1 N–H and O–H groups in total. The minimum atomic E-state index is -0.00190. The van der Waals surface area contributed by atoms with Crippen molar-refractivity contribution >= 4 is 28.1 Å². The molecule has 2 nitrogen and oxygen atoms in total. The number of benzene rings is 2. The van der Waals surface area contributed by atoms with Gasteiger partial charge in [0.2, 0.25) is 0 Å². The lowest BCUT2D eigenvalue weighted by Gasteiger charge is -2.35. The van der Waals surface area contributed by atoms with Gasteiger partial charge in [0, 0.05) is 40.5 Å². The molecule has 0 fully saturated rings. The van der Waals surface area contributed by atoms with Gasteiger partial charge in [-0.3, -0.25) is 0 Å². The molecular weight excluding hydrogens is 294 g/mol. The summed E-state index contributed by atoms with van der Waals surface area (Å²) in [6.45, 7) is 11.7. The van der Waals surface area contributed by atoms with Gasteiger partial charge in [0.05, 0.1) is 0 Å². The van der Waals surface area contributed by atoms with Gasteiger partial charge in [-0.15, -0.1) is 11.6 Å². The highest BCUT2D eigenvalue weighted by molar-refractivity contribution is 6.21. The average Bonchev–Trinajstić information content (AvgIpc) is 2.78. The lowest BCUT2D eigenvalue weighted by atomic mass is 9.90. The lowest BCUT2D eigenvalue weighted by Crippen LogP contribution is -2.41. The second-order valence-electron chi connectivity index (χ2n) is 7.39. The summed E-state index contributed by atoms with van der Waals surface area (Å²) in [6.07, 6.45) is 0. The van der Waals surface area contributed by atoms with E-state index in [-0.39, 0.29) is 16.8 Å². The van der Waals surface area contributed by atoms with Crippen molar-refractivity contribution in [1.82, 2.24) is 0 Å². The normalized spacial score (nSPS) is 19.5. The van der Waals surface area contributed by atoms with E-state index in [9.17, 15) is 5.11 Å². The first-order valence-corrected chi connectivity index (χ1v) is 8.32. The Hall–Kier alpha value is -1.41. The van der Waals surface area contributed by atoms with Crippen LogP contribution in [-0.4, -0.2) is 22.6 Å². The van der Waals surface area contributed by atoms with Crippen LogP contribution in [0.5, 0.6) is 5.75 Å². The number of hydrogen-bond donors (Lipinski definition) is 1. The maximum absolute atomic E-state index is 10.5. The van der Waals surface area contributed by atoms with Crippen molar-refractivity contribution in [2.45, 2.75) is 51.5 Å². The van der Waals surface area contributed by atoms with Crippen molar-refractivity contribution in [3.05, 3.63) is 35.4 Å². The quantitative estimate of drug-likeness (QED) is 0.732. The SMILES string of the molecule is Cc1cccc2c(O)cc3c(c12)C(C(C)Cl)CN3C(C)(C)C. The molecule has 2 unspecified atom stereocenters. The van der Waals surface area contributed by atoms with Crippen molar-refractivity contribution in [3.8, 4) is 5.75 Å². The molecular formula is C19H24ClNO. The third-order valence-corrected chi connectivity index (χ3v) is 5.08. The Morgan fingerprint density at radius 1 is 1.32 bits per heavy atom. The van der Waals surface area contributed by atoms with Gasteiger partial charge in [-0.25, -0.2) is 0 Å². The Bertz CT molecular complexity index is 730. The summed E-state index contributed by atoms with van der Waals surface area (Å²) in [4.78, 5) is 2.37. The summed E-state index contributed by atoms with van der Waals surface area (Å²) >= 11 is 6.53. The molecule has 1 aliphatic rings. The van der Waals surface area contributed by atoms with Crippen LogP contribution < -0.4 is 4.90 Å². The van der Waals surface area contributed by atoms with E-state index in [1.54, 1.807) is 0 Å². The molecule has 22 heavy (non-hydrogen) atoms. The summed E-state index contributed by atoms with van der Waals surface area (Å²) < 4.78 is 0. The third kappa shape index (κ3) is 2.25. The number of phenolic OH excluding ortho intramolecular Hbond substituents is 1. The smallest absolute Gasteiger partial charge is 0.125 e. The number of alkyl halides is 1. The molecule has 0 bridgehead atoms. The first-order chi connectivity index (χ1) is 10.2. The molecule has 3 heteroatoms. The first-order valence-electron chi connectivity index (χ1n) is 7.88. The predicted molar refractivity (Wildman–Crippen MR) is 95.5 cm³/mol.